The van der Waals surface area contributed by atoms with E-state index in [4.69, 9.17) is 16.6 Å². The molecule has 0 bridgehead atoms. The van der Waals surface area contributed by atoms with Crippen molar-refractivity contribution in [3.05, 3.63) is 199 Å². The molecule has 3 saturated carbocycles. The van der Waals surface area contributed by atoms with Gasteiger partial charge in [-0.3, -0.25) is 54.7 Å². The van der Waals surface area contributed by atoms with E-state index in [1.807, 2.05) is 72.8 Å². The Morgan fingerprint density at radius 2 is 0.667 bits per heavy atom. The number of hydrogen-bond donors (Lipinski definition) is 7. The fourth-order valence-corrected chi connectivity index (χ4v) is 16.8. The Labute approximate surface area is 627 Å². The summed E-state index contributed by atoms with van der Waals surface area (Å²) in [7, 11) is 0. The zero-order chi connectivity index (χ0) is 73.0. The molecule has 4 amide bonds. The zero-order valence-electron chi connectivity index (χ0n) is 56.5. The van der Waals surface area contributed by atoms with Crippen LogP contribution in [0, 0.1) is 0 Å². The highest BCUT2D eigenvalue weighted by molar-refractivity contribution is 7.17. The lowest BCUT2D eigenvalue weighted by atomic mass is 9.82. The van der Waals surface area contributed by atoms with E-state index in [9.17, 15) is 24.0 Å². The number of nitrogens with two attached hydrogens (primary N) is 2. The van der Waals surface area contributed by atoms with Crippen molar-refractivity contribution in [2.45, 2.75) is 138 Å². The summed E-state index contributed by atoms with van der Waals surface area (Å²) >= 11 is 8.66. The van der Waals surface area contributed by atoms with Crippen molar-refractivity contribution in [1.29, 1.82) is 0 Å². The lowest BCUT2D eigenvalue weighted by molar-refractivity contribution is -0.131. The second-order valence-corrected chi connectivity index (χ2v) is 30.4. The molecule has 0 unspecified atom stereocenters. The molecule has 9 N–H and O–H groups in total. The van der Waals surface area contributed by atoms with E-state index < -0.39 is 5.97 Å². The predicted molar refractivity (Wildman–Crippen MR) is 407 cm³/mol. The van der Waals surface area contributed by atoms with Crippen LogP contribution in [0.1, 0.15) is 184 Å². The number of aromatic nitrogens is 17. The molecule has 0 spiro atoms. The molecule has 540 valence electrons. The van der Waals surface area contributed by atoms with Gasteiger partial charge >= 0.3 is 5.97 Å². The van der Waals surface area contributed by atoms with Crippen LogP contribution >= 0.6 is 68.0 Å². The molecular weight excluding hydrogens is 1450 g/mol. The van der Waals surface area contributed by atoms with Gasteiger partial charge in [-0.2, -0.15) is 0 Å². The molecule has 3 fully saturated rings. The molecule has 11 heterocycles. The molecule has 35 heteroatoms. The second kappa shape index (κ2) is 39.2. The Hall–Kier alpha value is -10.7. The van der Waals surface area contributed by atoms with Crippen molar-refractivity contribution in [2.75, 3.05) is 32.7 Å². The van der Waals surface area contributed by atoms with Crippen LogP contribution in [0.5, 0.6) is 0 Å². The standard InChI is InChI=1S/C26H28N8O2S2.C26H24N8O2S2.C10H14N6S2.C8H7NO2/c2*35-21(12-10-19-8-1-3-14-27-19)29-25-33-31-23(37-25)17-6-5-7-18(16-17)24-32-34-26(38-24)30-22(36)13-11-20-9-2-4-15-28-20;11-9-15-13-7(17-9)5-2-1-3-6(4-5)8-14-16-10(12)18-8;10-8(11)5-4-7-3-1-2-6-9-7/h1-4,8-9,14-15,17-18H,5-7,10-13,16H2,(H,29,33,35)(H,30,34,36);1-4,8-15,17-18H,5-7,16H2,(H,29,33,35)(H,30,34,36);5-6H,1-4H2,(H2,11,15)(H2,12,16);1-6H,(H,10,11)/b;12-10+,13-11+;;5-4+/t2*17-,18-;5-,6-;/m000./s1. The minimum atomic E-state index is -0.962. The van der Waals surface area contributed by atoms with Gasteiger partial charge in [-0.15, -0.1) is 61.2 Å². The van der Waals surface area contributed by atoms with Gasteiger partial charge in [0, 0.05) is 109 Å². The predicted octanol–water partition coefficient (Wildman–Crippen LogP) is 12.9. The maximum Gasteiger partial charge on any atom is 0.328 e. The molecule has 0 radical (unpaired) electrons. The van der Waals surface area contributed by atoms with E-state index in [0.29, 0.717) is 85.4 Å². The number of nitrogens with zero attached hydrogens (tertiary/aromatic N) is 17. The lowest BCUT2D eigenvalue weighted by Crippen LogP contribution is -2.13. The quantitative estimate of drug-likeness (QED) is 0.0310. The Bertz CT molecular complexity index is 4400. The average Bonchev–Trinajstić information content (AvgIpc) is 1.73. The van der Waals surface area contributed by atoms with E-state index in [-0.39, 0.29) is 47.3 Å². The van der Waals surface area contributed by atoms with Gasteiger partial charge in [-0.25, -0.2) is 4.79 Å². The third-order valence-electron chi connectivity index (χ3n) is 16.7. The number of carbonyl (C=O) groups is 5. The van der Waals surface area contributed by atoms with E-state index in [1.54, 1.807) is 61.3 Å². The van der Waals surface area contributed by atoms with Crippen LogP contribution in [-0.4, -0.2) is 121 Å². The highest BCUT2D eigenvalue weighted by Crippen LogP contribution is 2.46. The largest absolute Gasteiger partial charge is 0.478 e. The summed E-state index contributed by atoms with van der Waals surface area (Å²) in [6.45, 7) is 0. The third kappa shape index (κ3) is 24.5. The van der Waals surface area contributed by atoms with Crippen LogP contribution in [0.15, 0.2) is 140 Å². The number of nitrogen functional groups attached to an aromatic ring is 2. The molecule has 105 heavy (non-hydrogen) atoms. The first-order valence-electron chi connectivity index (χ1n) is 33.8. The smallest absolute Gasteiger partial charge is 0.328 e. The maximum atomic E-state index is 12.4. The number of carboxylic acid groups (broad SMARTS) is 1. The Morgan fingerprint density at radius 3 is 0.952 bits per heavy atom. The molecule has 3 aliphatic carbocycles. The van der Waals surface area contributed by atoms with Crippen LogP contribution in [0.25, 0.3) is 18.2 Å². The van der Waals surface area contributed by atoms with Crippen LogP contribution in [0.4, 0.5) is 30.8 Å². The maximum absolute atomic E-state index is 12.4. The highest BCUT2D eigenvalue weighted by Gasteiger charge is 2.32. The monoisotopic (exact) mass is 1520 g/mol. The van der Waals surface area contributed by atoms with Crippen molar-refractivity contribution < 1.29 is 29.1 Å². The van der Waals surface area contributed by atoms with Crippen molar-refractivity contribution in [2.24, 2.45) is 0 Å². The summed E-state index contributed by atoms with van der Waals surface area (Å²) in [5, 5.41) is 78.7. The number of amides is 4. The molecule has 29 nitrogen and oxygen atoms in total. The molecule has 14 rings (SSSR count). The second-order valence-electron chi connectivity index (χ2n) is 24.2. The number of rotatable bonds is 22. The molecular formula is C70H73N23O6S6. The number of carboxylic acids is 1. The van der Waals surface area contributed by atoms with E-state index >= 15 is 0 Å². The van der Waals surface area contributed by atoms with Crippen molar-refractivity contribution in [3.63, 3.8) is 0 Å². The van der Waals surface area contributed by atoms with Gasteiger partial charge in [0.05, 0.1) is 17.1 Å². The summed E-state index contributed by atoms with van der Waals surface area (Å²) < 4.78 is 0. The Balaban J connectivity index is 0.000000153. The van der Waals surface area contributed by atoms with Gasteiger partial charge in [-0.05, 0) is 150 Å². The van der Waals surface area contributed by atoms with Gasteiger partial charge in [0.1, 0.15) is 30.0 Å². The molecule has 11 aromatic heterocycles. The molecule has 0 aliphatic heterocycles. The highest BCUT2D eigenvalue weighted by atomic mass is 32.1. The van der Waals surface area contributed by atoms with Crippen LogP contribution in [0.3, 0.4) is 0 Å². The first-order valence-corrected chi connectivity index (χ1v) is 38.7. The summed E-state index contributed by atoms with van der Waals surface area (Å²) in [4.78, 5) is 80.0. The van der Waals surface area contributed by atoms with Crippen molar-refractivity contribution >= 4 is 147 Å². The topological polar surface area (TPSA) is 425 Å². The minimum Gasteiger partial charge on any atom is -0.478 e. The fraction of sp³-hybridized carbons (Fsp3) is 0.314. The molecule has 3 aliphatic rings. The van der Waals surface area contributed by atoms with E-state index in [0.717, 1.165) is 118 Å². The molecule has 0 aromatic carbocycles. The summed E-state index contributed by atoms with van der Waals surface area (Å²) in [5.41, 5.74) is 15.1. The number of aliphatic carboxylic acids is 1. The molecule has 0 saturated heterocycles. The molecule has 6 atom stereocenters. The van der Waals surface area contributed by atoms with Crippen LogP contribution < -0.4 is 32.7 Å². The van der Waals surface area contributed by atoms with E-state index in [1.165, 1.54) is 92.7 Å². The van der Waals surface area contributed by atoms with Crippen molar-refractivity contribution in [1.82, 2.24) is 86.1 Å². The molecule has 11 aromatic rings. The summed E-state index contributed by atoms with van der Waals surface area (Å²) in [6, 6.07) is 27.7. The number of aryl methyl sites for hydroxylation is 2. The van der Waals surface area contributed by atoms with E-state index in [2.05, 4.69) is 107 Å². The number of pyridine rings is 5. The SMILES string of the molecule is Nc1nnc([C@H]2CCC[C@H](c3nnc(N)s3)C2)s1.O=C(/C=C/c1ccccn1)Nc1nnc([C@H]2CCC[C@H](c3nnc(NC(=O)/C=C/c4ccccn4)s3)C2)s1.O=C(CCc1ccccn1)Nc1nnc([C@H]2CCC[C@H](c3nnc(NC(=O)CCc4ccccn4)s3)C2)s1.O=C(O)/C=C/c1ccccn1. The Morgan fingerprint density at radius 1 is 0.371 bits per heavy atom. The fourth-order valence-electron chi connectivity index (χ4n) is 11.7. The zero-order valence-corrected chi connectivity index (χ0v) is 61.4. The summed E-state index contributed by atoms with van der Waals surface area (Å²) in [6.07, 6.45) is 31.3. The average molecular weight is 1520 g/mol. The number of hydrogen-bond acceptors (Lipinski definition) is 30. The normalized spacial score (nSPS) is 17.8. The minimum absolute atomic E-state index is 0.0941. The van der Waals surface area contributed by atoms with Crippen LogP contribution in [-0.2, 0) is 36.8 Å². The third-order valence-corrected chi connectivity index (χ3v) is 22.5. The van der Waals surface area contributed by atoms with Crippen molar-refractivity contribution in [3.8, 4) is 0 Å². The van der Waals surface area contributed by atoms with Gasteiger partial charge in [0.25, 0.3) is 0 Å². The first-order chi connectivity index (χ1) is 51.2. The first kappa shape index (κ1) is 75.4. The Kier molecular flexibility index (Phi) is 28.2. The van der Waals surface area contributed by atoms with Gasteiger partial charge < -0.3 is 27.2 Å². The van der Waals surface area contributed by atoms with Crippen LogP contribution in [0.2, 0.25) is 0 Å². The van der Waals surface area contributed by atoms with Gasteiger partial charge in [-0.1, -0.05) is 118 Å². The lowest BCUT2D eigenvalue weighted by Gasteiger charge is -2.25. The summed E-state index contributed by atoms with van der Waals surface area (Å²) in [5.74, 6) is 0.149. The number of anilines is 6. The number of nitrogens with one attached hydrogen (secondary N) is 4. The van der Waals surface area contributed by atoms with Gasteiger partial charge in [0.15, 0.2) is 0 Å². The van der Waals surface area contributed by atoms with Gasteiger partial charge in [0.2, 0.25) is 54.4 Å². The number of carbonyl (C=O) groups excluding carboxylic acids is 4.